The van der Waals surface area contributed by atoms with E-state index in [1.807, 2.05) is 47.9 Å². The zero-order chi connectivity index (χ0) is 16.1. The van der Waals surface area contributed by atoms with Crippen LogP contribution in [-0.4, -0.2) is 14.4 Å². The molecule has 0 atom stereocenters. The number of imidazole rings is 1. The van der Waals surface area contributed by atoms with Gasteiger partial charge < -0.3 is 4.40 Å². The van der Waals surface area contributed by atoms with Crippen LogP contribution in [0.25, 0.3) is 27.8 Å². The van der Waals surface area contributed by atoms with E-state index in [0.717, 1.165) is 38.0 Å². The molecule has 23 heavy (non-hydrogen) atoms. The van der Waals surface area contributed by atoms with Gasteiger partial charge in [-0.15, -0.1) is 0 Å². The van der Waals surface area contributed by atoms with Gasteiger partial charge in [-0.2, -0.15) is 0 Å². The van der Waals surface area contributed by atoms with Crippen molar-refractivity contribution in [3.8, 4) is 11.3 Å². The number of fused-ring (bicyclic) bond motifs is 3. The van der Waals surface area contributed by atoms with Gasteiger partial charge in [0, 0.05) is 33.5 Å². The molecule has 0 radical (unpaired) electrons. The minimum Gasteiger partial charge on any atom is -0.303 e. The molecule has 0 unspecified atom stereocenters. The molecule has 0 amide bonds. The number of hydrogen-bond acceptors (Lipinski definition) is 2. The third-order valence-electron chi connectivity index (χ3n) is 3.86. The van der Waals surface area contributed by atoms with Crippen molar-refractivity contribution in [3.05, 3.63) is 62.9 Å². The normalized spacial score (nSPS) is 11.5. The quantitative estimate of drug-likeness (QED) is 0.392. The van der Waals surface area contributed by atoms with Gasteiger partial charge in [-0.05, 0) is 47.1 Å². The first-order chi connectivity index (χ1) is 11.1. The van der Waals surface area contributed by atoms with Gasteiger partial charge in [0.25, 0.3) is 0 Å². The summed E-state index contributed by atoms with van der Waals surface area (Å²) in [7, 11) is 0. The van der Waals surface area contributed by atoms with Gasteiger partial charge in [0.05, 0.1) is 21.3 Å². The Hall–Kier alpha value is -1.62. The number of benzene rings is 1. The lowest BCUT2D eigenvalue weighted by atomic mass is 10.1. The van der Waals surface area contributed by atoms with Crippen molar-refractivity contribution in [2.45, 2.75) is 6.92 Å². The summed E-state index contributed by atoms with van der Waals surface area (Å²) in [6.07, 6.45) is 3.75. The molecule has 4 aromatic rings. The van der Waals surface area contributed by atoms with Crippen LogP contribution in [0.5, 0.6) is 0 Å². The lowest BCUT2D eigenvalue weighted by Crippen LogP contribution is -1.90. The average molecular weight is 407 g/mol. The molecular weight excluding hydrogens is 397 g/mol. The van der Waals surface area contributed by atoms with Crippen LogP contribution in [0, 0.1) is 6.92 Å². The number of aromatic nitrogens is 3. The number of nitrogens with zero attached hydrogens (tertiary/aromatic N) is 3. The largest absolute Gasteiger partial charge is 0.303 e. The molecule has 0 fully saturated rings. The van der Waals surface area contributed by atoms with E-state index in [0.29, 0.717) is 10.0 Å². The minimum absolute atomic E-state index is 0.590. The monoisotopic (exact) mass is 405 g/mol. The standard InChI is InChI=1S/C17H10BrCl2N3/c1-9-16(15-12(19)3-2-4-13(15)20)22-17-11-7-10(18)8-21-14(11)5-6-23(9)17/h2-8H,1H3. The molecule has 0 aliphatic carbocycles. The summed E-state index contributed by atoms with van der Waals surface area (Å²) in [5, 5.41) is 2.15. The summed E-state index contributed by atoms with van der Waals surface area (Å²) < 4.78 is 2.95. The molecule has 0 saturated heterocycles. The maximum Gasteiger partial charge on any atom is 0.147 e. The number of aryl methyl sites for hydroxylation is 1. The number of hydrogen-bond donors (Lipinski definition) is 0. The lowest BCUT2D eigenvalue weighted by Gasteiger charge is -2.05. The van der Waals surface area contributed by atoms with Crippen LogP contribution in [0.1, 0.15) is 5.69 Å². The summed E-state index contributed by atoms with van der Waals surface area (Å²) in [6, 6.07) is 9.46. The minimum atomic E-state index is 0.590. The maximum atomic E-state index is 6.35. The molecule has 4 rings (SSSR count). The highest BCUT2D eigenvalue weighted by Gasteiger charge is 2.17. The van der Waals surface area contributed by atoms with Gasteiger partial charge in [-0.3, -0.25) is 4.98 Å². The fourth-order valence-electron chi connectivity index (χ4n) is 2.75. The van der Waals surface area contributed by atoms with Crippen LogP contribution in [0.3, 0.4) is 0 Å². The SMILES string of the molecule is Cc1c(-c2c(Cl)cccc2Cl)nc2c3cc(Br)cnc3ccn12. The first-order valence-electron chi connectivity index (χ1n) is 6.93. The van der Waals surface area contributed by atoms with Crippen LogP contribution >= 0.6 is 39.1 Å². The van der Waals surface area contributed by atoms with Gasteiger partial charge in [0.15, 0.2) is 0 Å². The fourth-order valence-corrected chi connectivity index (χ4v) is 3.66. The molecule has 0 aliphatic heterocycles. The molecule has 0 N–H and O–H groups in total. The Labute approximate surface area is 151 Å². The van der Waals surface area contributed by atoms with E-state index < -0.39 is 0 Å². The molecule has 3 heterocycles. The summed E-state index contributed by atoms with van der Waals surface area (Å²) >= 11 is 16.2. The Kier molecular flexibility index (Phi) is 3.56. The van der Waals surface area contributed by atoms with E-state index in [9.17, 15) is 0 Å². The second kappa shape index (κ2) is 5.48. The van der Waals surface area contributed by atoms with Crippen LogP contribution in [0.15, 0.2) is 47.2 Å². The fraction of sp³-hybridized carbons (Fsp3) is 0.0588. The van der Waals surface area contributed by atoms with E-state index in [4.69, 9.17) is 28.2 Å². The van der Waals surface area contributed by atoms with Crippen LogP contribution in [0.4, 0.5) is 0 Å². The van der Waals surface area contributed by atoms with E-state index in [-0.39, 0.29) is 0 Å². The molecule has 3 aromatic heterocycles. The van der Waals surface area contributed by atoms with Gasteiger partial charge in [-0.1, -0.05) is 29.3 Å². The summed E-state index contributed by atoms with van der Waals surface area (Å²) in [5.41, 5.74) is 4.25. The van der Waals surface area contributed by atoms with E-state index >= 15 is 0 Å². The molecule has 6 heteroatoms. The van der Waals surface area contributed by atoms with Crippen molar-refractivity contribution in [3.63, 3.8) is 0 Å². The van der Waals surface area contributed by atoms with E-state index in [2.05, 4.69) is 20.9 Å². The molecule has 114 valence electrons. The molecule has 0 bridgehead atoms. The van der Waals surface area contributed by atoms with Gasteiger partial charge >= 0.3 is 0 Å². The molecule has 0 aliphatic rings. The van der Waals surface area contributed by atoms with Crippen molar-refractivity contribution in [2.75, 3.05) is 0 Å². The average Bonchev–Trinajstić information content (AvgIpc) is 2.85. The topological polar surface area (TPSA) is 30.2 Å². The van der Waals surface area contributed by atoms with Crippen molar-refractivity contribution >= 4 is 55.7 Å². The maximum absolute atomic E-state index is 6.35. The third-order valence-corrected chi connectivity index (χ3v) is 4.92. The van der Waals surface area contributed by atoms with Gasteiger partial charge in [0.2, 0.25) is 0 Å². The Morgan fingerprint density at radius 3 is 2.61 bits per heavy atom. The van der Waals surface area contributed by atoms with E-state index in [1.165, 1.54) is 0 Å². The third kappa shape index (κ3) is 2.33. The second-order valence-electron chi connectivity index (χ2n) is 5.24. The zero-order valence-corrected chi connectivity index (χ0v) is 15.1. The highest BCUT2D eigenvalue weighted by atomic mass is 79.9. The van der Waals surface area contributed by atoms with Crippen LogP contribution in [0.2, 0.25) is 10.0 Å². The molecule has 1 aromatic carbocycles. The molecular formula is C17H10BrCl2N3. The molecule has 3 nitrogen and oxygen atoms in total. The second-order valence-corrected chi connectivity index (χ2v) is 6.97. The Morgan fingerprint density at radius 1 is 1.13 bits per heavy atom. The highest BCUT2D eigenvalue weighted by Crippen LogP contribution is 2.37. The van der Waals surface area contributed by atoms with Crippen molar-refractivity contribution < 1.29 is 0 Å². The summed E-state index contributed by atoms with van der Waals surface area (Å²) in [6.45, 7) is 2.01. The number of pyridine rings is 2. The summed E-state index contributed by atoms with van der Waals surface area (Å²) in [5.74, 6) is 0. The predicted molar refractivity (Wildman–Crippen MR) is 98.4 cm³/mol. The van der Waals surface area contributed by atoms with Crippen molar-refractivity contribution in [1.82, 2.24) is 14.4 Å². The first-order valence-corrected chi connectivity index (χ1v) is 8.48. The van der Waals surface area contributed by atoms with Crippen molar-refractivity contribution in [1.29, 1.82) is 0 Å². The van der Waals surface area contributed by atoms with Gasteiger partial charge in [-0.25, -0.2) is 4.98 Å². The Balaban J connectivity index is 2.12. The molecule has 0 spiro atoms. The molecule has 0 saturated carbocycles. The Bertz CT molecular complexity index is 1050. The van der Waals surface area contributed by atoms with Crippen molar-refractivity contribution in [2.24, 2.45) is 0 Å². The number of halogens is 3. The smallest absolute Gasteiger partial charge is 0.147 e. The van der Waals surface area contributed by atoms with Crippen LogP contribution in [-0.2, 0) is 0 Å². The first kappa shape index (κ1) is 14.9. The summed E-state index contributed by atoms with van der Waals surface area (Å²) in [4.78, 5) is 9.23. The van der Waals surface area contributed by atoms with Crippen LogP contribution < -0.4 is 0 Å². The predicted octanol–water partition coefficient (Wildman–Crippen LogP) is 5.93. The van der Waals surface area contributed by atoms with E-state index in [1.54, 1.807) is 6.20 Å². The highest BCUT2D eigenvalue weighted by molar-refractivity contribution is 9.10. The zero-order valence-electron chi connectivity index (χ0n) is 12.0. The number of rotatable bonds is 1. The van der Waals surface area contributed by atoms with Gasteiger partial charge in [0.1, 0.15) is 5.65 Å². The Morgan fingerprint density at radius 2 is 1.87 bits per heavy atom. The lowest BCUT2D eigenvalue weighted by molar-refractivity contribution is 1.12.